The van der Waals surface area contributed by atoms with Gasteiger partial charge in [-0.15, -0.1) is 0 Å². The van der Waals surface area contributed by atoms with Crippen molar-refractivity contribution in [3.8, 4) is 0 Å². The summed E-state index contributed by atoms with van der Waals surface area (Å²) >= 11 is 0. The summed E-state index contributed by atoms with van der Waals surface area (Å²) in [5, 5.41) is 3.03. The van der Waals surface area contributed by atoms with E-state index in [1.807, 2.05) is 16.7 Å². The van der Waals surface area contributed by atoms with Crippen molar-refractivity contribution in [2.45, 2.75) is 51.7 Å². The third kappa shape index (κ3) is 4.16. The molecule has 130 valence electrons. The number of carbonyl (C=O) groups is 2. The number of likely N-dealkylation sites (tertiary alicyclic amines) is 1. The molecule has 2 saturated heterocycles. The number of nitrogens with one attached hydrogen (secondary N) is 1. The molecule has 1 saturated carbocycles. The van der Waals surface area contributed by atoms with E-state index in [9.17, 15) is 9.59 Å². The molecule has 6 nitrogen and oxygen atoms in total. The Bertz CT molecular complexity index is 452. The van der Waals surface area contributed by atoms with E-state index in [4.69, 9.17) is 4.74 Å². The molecule has 2 heterocycles. The molecule has 3 rings (SSSR count). The number of ether oxygens (including phenoxy) is 1. The first kappa shape index (κ1) is 16.6. The highest BCUT2D eigenvalue weighted by Crippen LogP contribution is 2.36. The number of carbonyl (C=O) groups excluding carboxylic acids is 2. The minimum absolute atomic E-state index is 0.00723. The van der Waals surface area contributed by atoms with Crippen LogP contribution in [0.4, 0.5) is 4.79 Å². The lowest BCUT2D eigenvalue weighted by molar-refractivity contribution is -0.127. The third-order valence-corrected chi connectivity index (χ3v) is 5.05. The molecule has 0 aromatic carbocycles. The van der Waals surface area contributed by atoms with E-state index >= 15 is 0 Å². The standard InChI is InChI=1S/C17H29N3O3/c1-3-6-19-10-13(7-16(19)21)8-18-17(22)20-9-12(2)23-15(11-20)14-4-5-14/h12-15H,3-11H2,1-2H3,(H,18,22). The fraction of sp³-hybridized carbons (Fsp3) is 0.882. The number of hydrogen-bond donors (Lipinski definition) is 1. The van der Waals surface area contributed by atoms with Gasteiger partial charge in [0.05, 0.1) is 12.2 Å². The maximum absolute atomic E-state index is 12.4. The Morgan fingerprint density at radius 3 is 2.78 bits per heavy atom. The third-order valence-electron chi connectivity index (χ3n) is 5.05. The summed E-state index contributed by atoms with van der Waals surface area (Å²) in [4.78, 5) is 28.1. The number of amides is 3. The Morgan fingerprint density at radius 1 is 1.30 bits per heavy atom. The topological polar surface area (TPSA) is 61.9 Å². The van der Waals surface area contributed by atoms with Crippen LogP contribution in [-0.4, -0.2) is 66.7 Å². The van der Waals surface area contributed by atoms with Crippen molar-refractivity contribution in [3.63, 3.8) is 0 Å². The average molecular weight is 323 g/mol. The van der Waals surface area contributed by atoms with Crippen LogP contribution in [0, 0.1) is 11.8 Å². The second-order valence-corrected chi connectivity index (χ2v) is 7.32. The zero-order valence-corrected chi connectivity index (χ0v) is 14.3. The van der Waals surface area contributed by atoms with Gasteiger partial charge in [0.25, 0.3) is 0 Å². The van der Waals surface area contributed by atoms with Gasteiger partial charge in [-0.05, 0) is 32.1 Å². The summed E-state index contributed by atoms with van der Waals surface area (Å²) in [7, 11) is 0. The number of nitrogens with zero attached hydrogens (tertiary/aromatic N) is 2. The summed E-state index contributed by atoms with van der Waals surface area (Å²) in [6, 6.07) is -0.00723. The summed E-state index contributed by atoms with van der Waals surface area (Å²) in [6.07, 6.45) is 4.31. The van der Waals surface area contributed by atoms with Crippen LogP contribution in [0.5, 0.6) is 0 Å². The van der Waals surface area contributed by atoms with Crippen LogP contribution in [0.3, 0.4) is 0 Å². The molecule has 6 heteroatoms. The molecule has 3 amide bonds. The van der Waals surface area contributed by atoms with Crippen LogP contribution < -0.4 is 5.32 Å². The molecule has 1 N–H and O–H groups in total. The van der Waals surface area contributed by atoms with Crippen molar-refractivity contribution in [1.29, 1.82) is 0 Å². The molecule has 3 atom stereocenters. The molecule has 0 aromatic heterocycles. The van der Waals surface area contributed by atoms with Crippen molar-refractivity contribution in [2.24, 2.45) is 11.8 Å². The molecular formula is C17H29N3O3. The van der Waals surface area contributed by atoms with Gasteiger partial charge >= 0.3 is 6.03 Å². The van der Waals surface area contributed by atoms with Gasteiger partial charge in [-0.1, -0.05) is 6.92 Å². The van der Waals surface area contributed by atoms with E-state index in [0.717, 1.165) is 19.5 Å². The molecule has 3 unspecified atom stereocenters. The van der Waals surface area contributed by atoms with Crippen molar-refractivity contribution < 1.29 is 14.3 Å². The van der Waals surface area contributed by atoms with Crippen molar-refractivity contribution in [1.82, 2.24) is 15.1 Å². The van der Waals surface area contributed by atoms with Crippen LogP contribution in [-0.2, 0) is 9.53 Å². The Balaban J connectivity index is 1.44. The summed E-state index contributed by atoms with van der Waals surface area (Å²) in [5.74, 6) is 1.11. The van der Waals surface area contributed by atoms with E-state index < -0.39 is 0 Å². The first-order valence-corrected chi connectivity index (χ1v) is 9.02. The smallest absolute Gasteiger partial charge is 0.317 e. The molecule has 2 aliphatic heterocycles. The Labute approximate surface area is 138 Å². The van der Waals surface area contributed by atoms with Crippen LogP contribution in [0.2, 0.25) is 0 Å². The highest BCUT2D eigenvalue weighted by atomic mass is 16.5. The number of urea groups is 1. The van der Waals surface area contributed by atoms with Crippen molar-refractivity contribution in [2.75, 3.05) is 32.7 Å². The van der Waals surface area contributed by atoms with Crippen LogP contribution in [0.15, 0.2) is 0 Å². The highest BCUT2D eigenvalue weighted by Gasteiger charge is 2.38. The summed E-state index contributed by atoms with van der Waals surface area (Å²) in [6.45, 7) is 7.66. The molecular weight excluding hydrogens is 294 g/mol. The van der Waals surface area contributed by atoms with E-state index in [1.54, 1.807) is 0 Å². The fourth-order valence-corrected chi connectivity index (χ4v) is 3.70. The minimum atomic E-state index is -0.00723. The first-order chi connectivity index (χ1) is 11.1. The summed E-state index contributed by atoms with van der Waals surface area (Å²) < 4.78 is 5.95. The Morgan fingerprint density at radius 2 is 2.09 bits per heavy atom. The molecule has 0 bridgehead atoms. The molecule has 0 spiro atoms. The van der Waals surface area contributed by atoms with Crippen LogP contribution in [0.25, 0.3) is 0 Å². The zero-order chi connectivity index (χ0) is 16.4. The molecule has 0 aromatic rings. The number of hydrogen-bond acceptors (Lipinski definition) is 3. The normalized spacial score (nSPS) is 31.6. The SMILES string of the molecule is CCCN1CC(CNC(=O)N2CC(C)OC(C3CC3)C2)CC1=O. The fourth-order valence-electron chi connectivity index (χ4n) is 3.70. The van der Waals surface area contributed by atoms with Gasteiger partial charge in [-0.25, -0.2) is 4.79 Å². The van der Waals surface area contributed by atoms with Gasteiger partial charge in [0, 0.05) is 45.1 Å². The van der Waals surface area contributed by atoms with Crippen LogP contribution >= 0.6 is 0 Å². The van der Waals surface area contributed by atoms with E-state index in [1.165, 1.54) is 12.8 Å². The van der Waals surface area contributed by atoms with Gasteiger partial charge in [0.1, 0.15) is 0 Å². The molecule has 3 aliphatic rings. The molecule has 1 aliphatic carbocycles. The lowest BCUT2D eigenvalue weighted by Gasteiger charge is -2.37. The van der Waals surface area contributed by atoms with Gasteiger partial charge in [0.2, 0.25) is 5.91 Å². The lowest BCUT2D eigenvalue weighted by atomic mass is 10.1. The van der Waals surface area contributed by atoms with Crippen molar-refractivity contribution >= 4 is 11.9 Å². The van der Waals surface area contributed by atoms with Gasteiger partial charge in [0.15, 0.2) is 0 Å². The van der Waals surface area contributed by atoms with E-state index in [2.05, 4.69) is 12.2 Å². The summed E-state index contributed by atoms with van der Waals surface area (Å²) in [5.41, 5.74) is 0. The predicted octanol–water partition coefficient (Wildman–Crippen LogP) is 1.45. The van der Waals surface area contributed by atoms with Crippen LogP contribution in [0.1, 0.15) is 39.5 Å². The second-order valence-electron chi connectivity index (χ2n) is 7.32. The van der Waals surface area contributed by atoms with Gasteiger partial charge < -0.3 is 19.9 Å². The van der Waals surface area contributed by atoms with Crippen molar-refractivity contribution in [3.05, 3.63) is 0 Å². The Kier molecular flexibility index (Phi) is 5.09. The quantitative estimate of drug-likeness (QED) is 0.833. The van der Waals surface area contributed by atoms with E-state index in [-0.39, 0.29) is 30.1 Å². The Hall–Kier alpha value is -1.30. The lowest BCUT2D eigenvalue weighted by Crippen LogP contribution is -2.53. The average Bonchev–Trinajstić information content (AvgIpc) is 3.30. The maximum atomic E-state index is 12.4. The number of morpholine rings is 1. The van der Waals surface area contributed by atoms with Gasteiger partial charge in [-0.2, -0.15) is 0 Å². The van der Waals surface area contributed by atoms with Gasteiger partial charge in [-0.3, -0.25) is 4.79 Å². The maximum Gasteiger partial charge on any atom is 0.317 e. The second kappa shape index (κ2) is 7.07. The highest BCUT2D eigenvalue weighted by molar-refractivity contribution is 5.79. The number of rotatable bonds is 5. The molecule has 0 radical (unpaired) electrons. The van der Waals surface area contributed by atoms with E-state index in [0.29, 0.717) is 32.0 Å². The monoisotopic (exact) mass is 323 g/mol. The largest absolute Gasteiger partial charge is 0.371 e. The zero-order valence-electron chi connectivity index (χ0n) is 14.3. The molecule has 23 heavy (non-hydrogen) atoms. The predicted molar refractivity (Wildman–Crippen MR) is 87.0 cm³/mol. The molecule has 3 fully saturated rings. The first-order valence-electron chi connectivity index (χ1n) is 9.02. The minimum Gasteiger partial charge on any atom is -0.371 e.